The Balaban J connectivity index is 1.72. The zero-order valence-corrected chi connectivity index (χ0v) is 16.2. The minimum Gasteiger partial charge on any atom is -0.435 e. The third kappa shape index (κ3) is 5.74. The first-order chi connectivity index (χ1) is 14.1. The van der Waals surface area contributed by atoms with Gasteiger partial charge in [0.05, 0.1) is 0 Å². The van der Waals surface area contributed by atoms with Gasteiger partial charge in [0.25, 0.3) is 0 Å². The van der Waals surface area contributed by atoms with Crippen LogP contribution in [0.2, 0.25) is 0 Å². The van der Waals surface area contributed by atoms with Gasteiger partial charge in [0.1, 0.15) is 11.6 Å². The van der Waals surface area contributed by atoms with Crippen molar-refractivity contribution in [2.24, 2.45) is 0 Å². The second-order valence-corrected chi connectivity index (χ2v) is 6.71. The molecule has 3 rings (SSSR count). The molecule has 150 valence electrons. The molecule has 0 bridgehead atoms. The predicted molar refractivity (Wildman–Crippen MR) is 112 cm³/mol. The number of hydrogen-bond donors (Lipinski definition) is 0. The van der Waals surface area contributed by atoms with Crippen LogP contribution >= 0.6 is 0 Å². The van der Waals surface area contributed by atoms with E-state index in [0.717, 1.165) is 41.5 Å². The monoisotopic (exact) mass is 396 g/mol. The molecule has 0 heterocycles. The first kappa shape index (κ1) is 20.7. The summed E-state index contributed by atoms with van der Waals surface area (Å²) in [6, 6.07) is 19.3. The maximum atomic E-state index is 14.6. The van der Waals surface area contributed by atoms with E-state index >= 15 is 0 Å². The quantitative estimate of drug-likeness (QED) is 0.355. The molecule has 29 heavy (non-hydrogen) atoms. The van der Waals surface area contributed by atoms with Gasteiger partial charge in [-0.15, -0.1) is 0 Å². The molecule has 4 heteroatoms. The molecule has 0 aliphatic carbocycles. The molecule has 0 fully saturated rings. The summed E-state index contributed by atoms with van der Waals surface area (Å²) >= 11 is 0. The fraction of sp³-hybridized carbons (Fsp3) is 0.200. The third-order valence-corrected chi connectivity index (χ3v) is 4.64. The number of allylic oxidation sites excluding steroid dienone is 2. The molecule has 0 radical (unpaired) electrons. The average molecular weight is 396 g/mol. The summed E-state index contributed by atoms with van der Waals surface area (Å²) < 4.78 is 43.4. The zero-order valence-electron chi connectivity index (χ0n) is 16.2. The van der Waals surface area contributed by atoms with Crippen LogP contribution in [0.25, 0.3) is 22.3 Å². The van der Waals surface area contributed by atoms with Gasteiger partial charge in [-0.25, -0.2) is 4.39 Å². The lowest BCUT2D eigenvalue weighted by atomic mass is 9.98. The third-order valence-electron chi connectivity index (χ3n) is 4.64. The van der Waals surface area contributed by atoms with Gasteiger partial charge in [-0.3, -0.25) is 0 Å². The number of halogens is 3. The standard InChI is InChI=1S/C25H23F3O/c1-2-3-4-5-6-18-7-16-23(24(26)17-18)21-10-8-19(9-11-21)20-12-14-22(15-13-20)29-25(27)28/h3-4,7-17,25H,2,5-6H2,1H3/b4-3+. The molecule has 0 N–H and O–H groups in total. The lowest BCUT2D eigenvalue weighted by Gasteiger charge is -2.09. The Hall–Kier alpha value is -3.01. The van der Waals surface area contributed by atoms with Gasteiger partial charge in [-0.05, 0) is 59.7 Å². The van der Waals surface area contributed by atoms with Crippen molar-refractivity contribution in [1.82, 2.24) is 0 Å². The highest BCUT2D eigenvalue weighted by molar-refractivity contribution is 5.71. The normalized spacial score (nSPS) is 11.3. The van der Waals surface area contributed by atoms with E-state index in [1.807, 2.05) is 36.4 Å². The summed E-state index contributed by atoms with van der Waals surface area (Å²) in [5.41, 5.74) is 4.12. The van der Waals surface area contributed by atoms with Crippen molar-refractivity contribution < 1.29 is 17.9 Å². The minimum absolute atomic E-state index is 0.118. The number of benzene rings is 3. The first-order valence-corrected chi connectivity index (χ1v) is 9.66. The minimum atomic E-state index is -2.84. The second kappa shape index (κ2) is 9.97. The van der Waals surface area contributed by atoms with Gasteiger partial charge in [-0.2, -0.15) is 8.78 Å². The van der Waals surface area contributed by atoms with Crippen molar-refractivity contribution in [3.05, 3.63) is 90.3 Å². The Morgan fingerprint density at radius 2 is 1.45 bits per heavy atom. The van der Waals surface area contributed by atoms with E-state index in [1.54, 1.807) is 18.2 Å². The molecular weight excluding hydrogens is 373 g/mol. The Labute approximate surface area is 169 Å². The van der Waals surface area contributed by atoms with Gasteiger partial charge >= 0.3 is 6.61 Å². The summed E-state index contributed by atoms with van der Waals surface area (Å²) in [5.74, 6) is -0.115. The Morgan fingerprint density at radius 3 is 2.03 bits per heavy atom. The van der Waals surface area contributed by atoms with E-state index < -0.39 is 6.61 Å². The van der Waals surface area contributed by atoms with Crippen LogP contribution in [0.5, 0.6) is 5.75 Å². The fourth-order valence-electron chi connectivity index (χ4n) is 3.15. The van der Waals surface area contributed by atoms with E-state index in [2.05, 4.69) is 23.8 Å². The van der Waals surface area contributed by atoms with Crippen LogP contribution in [-0.2, 0) is 6.42 Å². The van der Waals surface area contributed by atoms with Crippen LogP contribution in [-0.4, -0.2) is 6.61 Å². The molecule has 0 spiro atoms. The number of hydrogen-bond acceptors (Lipinski definition) is 1. The highest BCUT2D eigenvalue weighted by atomic mass is 19.3. The topological polar surface area (TPSA) is 9.23 Å². The number of alkyl halides is 2. The van der Waals surface area contributed by atoms with Gasteiger partial charge in [-0.1, -0.05) is 67.6 Å². The number of ether oxygens (including phenoxy) is 1. The molecule has 1 nitrogen and oxygen atoms in total. The largest absolute Gasteiger partial charge is 0.435 e. The molecule has 0 unspecified atom stereocenters. The summed E-state index contributed by atoms with van der Waals surface area (Å²) in [4.78, 5) is 0. The van der Waals surface area contributed by atoms with E-state index in [9.17, 15) is 13.2 Å². The molecule has 0 saturated heterocycles. The second-order valence-electron chi connectivity index (χ2n) is 6.71. The van der Waals surface area contributed by atoms with E-state index in [1.165, 1.54) is 12.1 Å². The highest BCUT2D eigenvalue weighted by Gasteiger charge is 2.08. The predicted octanol–water partition coefficient (Wildman–Crippen LogP) is 7.66. The molecule has 0 amide bonds. The maximum absolute atomic E-state index is 14.6. The van der Waals surface area contributed by atoms with Crippen LogP contribution in [0.3, 0.4) is 0 Å². The van der Waals surface area contributed by atoms with Crippen molar-refractivity contribution in [3.8, 4) is 28.0 Å². The summed E-state index contributed by atoms with van der Waals surface area (Å²) in [6.45, 7) is -0.748. The molecule has 0 saturated carbocycles. The van der Waals surface area contributed by atoms with Crippen LogP contribution in [0.15, 0.2) is 78.9 Å². The smallest absolute Gasteiger partial charge is 0.387 e. The van der Waals surface area contributed by atoms with Crippen LogP contribution in [0, 0.1) is 5.82 Å². The Morgan fingerprint density at radius 1 is 0.828 bits per heavy atom. The Bertz CT molecular complexity index is 945. The maximum Gasteiger partial charge on any atom is 0.387 e. The molecule has 3 aromatic carbocycles. The van der Waals surface area contributed by atoms with Crippen molar-refractivity contribution in [1.29, 1.82) is 0 Å². The molecule has 3 aromatic rings. The van der Waals surface area contributed by atoms with Crippen molar-refractivity contribution in [2.45, 2.75) is 32.8 Å². The van der Waals surface area contributed by atoms with Crippen LogP contribution < -0.4 is 4.74 Å². The summed E-state index contributed by atoms with van der Waals surface area (Å²) in [6.07, 6.45) is 6.97. The van der Waals surface area contributed by atoms with E-state index in [4.69, 9.17) is 0 Å². The van der Waals surface area contributed by atoms with Gasteiger partial charge in [0.15, 0.2) is 0 Å². The zero-order chi connectivity index (χ0) is 20.6. The van der Waals surface area contributed by atoms with E-state index in [0.29, 0.717) is 5.56 Å². The van der Waals surface area contributed by atoms with Crippen molar-refractivity contribution in [2.75, 3.05) is 0 Å². The fourth-order valence-corrected chi connectivity index (χ4v) is 3.15. The van der Waals surface area contributed by atoms with Crippen molar-refractivity contribution in [3.63, 3.8) is 0 Å². The molecule has 0 atom stereocenters. The average Bonchev–Trinajstić information content (AvgIpc) is 2.72. The Kier molecular flexibility index (Phi) is 7.12. The lowest BCUT2D eigenvalue weighted by molar-refractivity contribution is -0.0498. The molecule has 0 aliphatic rings. The number of aryl methyl sites for hydroxylation is 1. The summed E-state index contributed by atoms with van der Waals surface area (Å²) in [5, 5.41) is 0. The van der Waals surface area contributed by atoms with Crippen LogP contribution in [0.4, 0.5) is 13.2 Å². The summed E-state index contributed by atoms with van der Waals surface area (Å²) in [7, 11) is 0. The molecule has 0 aliphatic heterocycles. The first-order valence-electron chi connectivity index (χ1n) is 9.66. The highest BCUT2D eigenvalue weighted by Crippen LogP contribution is 2.28. The number of rotatable bonds is 8. The molecular formula is C25H23F3O. The molecule has 0 aromatic heterocycles. The van der Waals surface area contributed by atoms with E-state index in [-0.39, 0.29) is 11.6 Å². The van der Waals surface area contributed by atoms with Crippen LogP contribution in [0.1, 0.15) is 25.3 Å². The van der Waals surface area contributed by atoms with Crippen molar-refractivity contribution >= 4 is 0 Å². The van der Waals surface area contributed by atoms with Gasteiger partial charge < -0.3 is 4.74 Å². The lowest BCUT2D eigenvalue weighted by Crippen LogP contribution is -2.01. The van der Waals surface area contributed by atoms with Gasteiger partial charge in [0, 0.05) is 5.56 Å². The SMILES string of the molecule is CC/C=C/CCc1ccc(-c2ccc(-c3ccc(OC(F)F)cc3)cc2)c(F)c1. The van der Waals surface area contributed by atoms with Gasteiger partial charge in [0.2, 0.25) is 0 Å².